The average molecular weight is 229 g/mol. The highest BCUT2D eigenvalue weighted by atomic mass is 16.2. The van der Waals surface area contributed by atoms with E-state index in [4.69, 9.17) is 5.84 Å². The molecule has 3 N–H and O–H groups in total. The molecule has 0 aliphatic carbocycles. The minimum Gasteiger partial charge on any atom is -0.290 e. The van der Waals surface area contributed by atoms with Crippen LogP contribution in [0.1, 0.15) is 35.7 Å². The number of carbonyl (C=O) groups is 1. The van der Waals surface area contributed by atoms with Gasteiger partial charge in [-0.3, -0.25) is 15.2 Å². The molecule has 0 aliphatic heterocycles. The molecular weight excluding hydrogens is 214 g/mol. The first-order valence-corrected chi connectivity index (χ1v) is 5.52. The predicted octanol–water partition coefficient (Wildman–Crippen LogP) is 1.96. The molecule has 1 aromatic heterocycles. The van der Waals surface area contributed by atoms with Gasteiger partial charge in [-0.2, -0.15) is 0 Å². The number of pyridine rings is 1. The molecule has 2 aromatic rings. The lowest BCUT2D eigenvalue weighted by molar-refractivity contribution is 0.0953. The average Bonchev–Trinajstić information content (AvgIpc) is 2.36. The van der Waals surface area contributed by atoms with Crippen LogP contribution >= 0.6 is 0 Å². The zero-order valence-corrected chi connectivity index (χ0v) is 9.90. The minimum atomic E-state index is -0.325. The van der Waals surface area contributed by atoms with Gasteiger partial charge in [0.1, 0.15) is 0 Å². The van der Waals surface area contributed by atoms with Crippen molar-refractivity contribution in [2.75, 3.05) is 0 Å². The molecule has 17 heavy (non-hydrogen) atoms. The summed E-state index contributed by atoms with van der Waals surface area (Å²) in [5.74, 6) is 5.22. The number of benzene rings is 1. The largest absolute Gasteiger partial charge is 0.290 e. The smallest absolute Gasteiger partial charge is 0.266 e. The number of carbonyl (C=O) groups excluding carboxylic acids is 1. The zero-order valence-electron chi connectivity index (χ0n) is 9.90. The number of hydrogen-bond acceptors (Lipinski definition) is 3. The van der Waals surface area contributed by atoms with Gasteiger partial charge in [-0.15, -0.1) is 0 Å². The Morgan fingerprint density at radius 3 is 2.76 bits per heavy atom. The third kappa shape index (κ3) is 2.26. The summed E-state index contributed by atoms with van der Waals surface area (Å²) in [6.45, 7) is 4.26. The van der Waals surface area contributed by atoms with Crippen LogP contribution in [0.3, 0.4) is 0 Å². The number of nitrogen functional groups attached to an aromatic ring is 1. The molecule has 0 aliphatic rings. The van der Waals surface area contributed by atoms with Crippen LogP contribution in [0.2, 0.25) is 0 Å². The number of fused-ring (bicyclic) bond motifs is 1. The van der Waals surface area contributed by atoms with E-state index in [-0.39, 0.29) is 5.91 Å². The van der Waals surface area contributed by atoms with Crippen LogP contribution in [0.25, 0.3) is 10.9 Å². The number of amides is 1. The molecule has 1 amide bonds. The monoisotopic (exact) mass is 229 g/mol. The maximum absolute atomic E-state index is 11.4. The van der Waals surface area contributed by atoms with Gasteiger partial charge in [-0.25, -0.2) is 5.84 Å². The summed E-state index contributed by atoms with van der Waals surface area (Å²) >= 11 is 0. The fourth-order valence-electron chi connectivity index (χ4n) is 1.72. The molecule has 2 rings (SSSR count). The van der Waals surface area contributed by atoms with E-state index in [9.17, 15) is 4.79 Å². The van der Waals surface area contributed by atoms with Gasteiger partial charge < -0.3 is 0 Å². The molecule has 1 aromatic carbocycles. The van der Waals surface area contributed by atoms with Crippen LogP contribution in [-0.2, 0) is 0 Å². The Balaban J connectivity index is 2.54. The fourth-order valence-corrected chi connectivity index (χ4v) is 1.72. The van der Waals surface area contributed by atoms with Gasteiger partial charge in [0, 0.05) is 11.6 Å². The molecule has 88 valence electrons. The molecule has 0 atom stereocenters. The maximum Gasteiger partial charge on any atom is 0.266 e. The highest BCUT2D eigenvalue weighted by molar-refractivity contribution is 5.96. The molecule has 1 heterocycles. The van der Waals surface area contributed by atoms with E-state index in [1.54, 1.807) is 6.07 Å². The Hall–Kier alpha value is -1.94. The Morgan fingerprint density at radius 1 is 1.35 bits per heavy atom. The standard InChI is InChI=1S/C13H15N3O/c1-8(2)9-3-4-12-10(5-9)6-11(7-15-12)13(17)16-14/h3-8H,14H2,1-2H3,(H,16,17). The van der Waals surface area contributed by atoms with Crippen molar-refractivity contribution in [1.29, 1.82) is 0 Å². The molecular formula is C13H15N3O. The number of nitrogens with two attached hydrogens (primary N) is 1. The van der Waals surface area contributed by atoms with Crippen molar-refractivity contribution in [2.24, 2.45) is 5.84 Å². The fraction of sp³-hybridized carbons (Fsp3) is 0.231. The van der Waals surface area contributed by atoms with Crippen LogP contribution in [-0.4, -0.2) is 10.9 Å². The SMILES string of the molecule is CC(C)c1ccc2ncc(C(=O)NN)cc2c1. The van der Waals surface area contributed by atoms with E-state index in [0.717, 1.165) is 10.9 Å². The van der Waals surface area contributed by atoms with E-state index >= 15 is 0 Å². The molecule has 4 heteroatoms. The Bertz CT molecular complexity index is 564. The lowest BCUT2D eigenvalue weighted by Gasteiger charge is -2.07. The van der Waals surface area contributed by atoms with Crippen molar-refractivity contribution < 1.29 is 4.79 Å². The van der Waals surface area contributed by atoms with Crippen molar-refractivity contribution in [1.82, 2.24) is 10.4 Å². The molecule has 0 saturated heterocycles. The van der Waals surface area contributed by atoms with Crippen molar-refractivity contribution in [3.63, 3.8) is 0 Å². The van der Waals surface area contributed by atoms with Crippen LogP contribution in [0.5, 0.6) is 0 Å². The lowest BCUT2D eigenvalue weighted by atomic mass is 10.0. The van der Waals surface area contributed by atoms with Gasteiger partial charge in [-0.05, 0) is 29.7 Å². The number of hydrogen-bond donors (Lipinski definition) is 2. The zero-order chi connectivity index (χ0) is 12.4. The minimum absolute atomic E-state index is 0.325. The van der Waals surface area contributed by atoms with Crippen molar-refractivity contribution in [3.8, 4) is 0 Å². The van der Waals surface area contributed by atoms with Gasteiger partial charge >= 0.3 is 0 Å². The third-order valence-electron chi connectivity index (χ3n) is 2.77. The quantitative estimate of drug-likeness (QED) is 0.470. The molecule has 0 saturated carbocycles. The molecule has 0 fully saturated rings. The van der Waals surface area contributed by atoms with Crippen LogP contribution in [0.15, 0.2) is 30.5 Å². The van der Waals surface area contributed by atoms with Crippen molar-refractivity contribution in [3.05, 3.63) is 41.6 Å². The second kappa shape index (κ2) is 4.51. The Morgan fingerprint density at radius 2 is 2.12 bits per heavy atom. The highest BCUT2D eigenvalue weighted by Gasteiger charge is 2.06. The lowest BCUT2D eigenvalue weighted by Crippen LogP contribution is -2.30. The van der Waals surface area contributed by atoms with Gasteiger partial charge in [0.15, 0.2) is 0 Å². The predicted molar refractivity (Wildman–Crippen MR) is 67.5 cm³/mol. The van der Waals surface area contributed by atoms with Gasteiger partial charge in [0.2, 0.25) is 0 Å². The normalized spacial score (nSPS) is 10.8. The van der Waals surface area contributed by atoms with E-state index in [2.05, 4.69) is 36.4 Å². The first kappa shape index (κ1) is 11.5. The van der Waals surface area contributed by atoms with Crippen molar-refractivity contribution >= 4 is 16.8 Å². The summed E-state index contributed by atoms with van der Waals surface area (Å²) in [6, 6.07) is 7.88. The molecule has 0 bridgehead atoms. The summed E-state index contributed by atoms with van der Waals surface area (Å²) in [7, 11) is 0. The summed E-state index contributed by atoms with van der Waals surface area (Å²) in [6.07, 6.45) is 1.53. The second-order valence-electron chi connectivity index (χ2n) is 4.30. The van der Waals surface area contributed by atoms with E-state index < -0.39 is 0 Å². The first-order chi connectivity index (χ1) is 8.11. The van der Waals surface area contributed by atoms with Gasteiger partial charge in [-0.1, -0.05) is 19.9 Å². The van der Waals surface area contributed by atoms with E-state index in [1.165, 1.54) is 11.8 Å². The molecule has 4 nitrogen and oxygen atoms in total. The van der Waals surface area contributed by atoms with Crippen molar-refractivity contribution in [2.45, 2.75) is 19.8 Å². The summed E-state index contributed by atoms with van der Waals surface area (Å²) in [5, 5.41) is 0.956. The van der Waals surface area contributed by atoms with Crippen LogP contribution < -0.4 is 11.3 Å². The number of nitrogens with one attached hydrogen (secondary N) is 1. The summed E-state index contributed by atoms with van der Waals surface area (Å²) < 4.78 is 0. The van der Waals surface area contributed by atoms with Gasteiger partial charge in [0.25, 0.3) is 5.91 Å². The Kier molecular flexibility index (Phi) is 3.06. The molecule has 0 radical (unpaired) electrons. The second-order valence-corrected chi connectivity index (χ2v) is 4.30. The van der Waals surface area contributed by atoms with E-state index in [1.807, 2.05) is 6.07 Å². The topological polar surface area (TPSA) is 68.0 Å². The highest BCUT2D eigenvalue weighted by Crippen LogP contribution is 2.20. The third-order valence-corrected chi connectivity index (χ3v) is 2.77. The van der Waals surface area contributed by atoms with E-state index in [0.29, 0.717) is 11.5 Å². The number of nitrogens with zero attached hydrogens (tertiary/aromatic N) is 1. The van der Waals surface area contributed by atoms with Gasteiger partial charge in [0.05, 0.1) is 11.1 Å². The molecule has 0 spiro atoms. The maximum atomic E-state index is 11.4. The Labute approximate surface area is 99.8 Å². The number of rotatable bonds is 2. The van der Waals surface area contributed by atoms with Crippen LogP contribution in [0, 0.1) is 0 Å². The number of hydrazine groups is 1. The first-order valence-electron chi connectivity index (χ1n) is 5.52. The molecule has 0 unspecified atom stereocenters. The summed E-state index contributed by atoms with van der Waals surface area (Å²) in [4.78, 5) is 15.6. The summed E-state index contributed by atoms with van der Waals surface area (Å²) in [5.41, 5.74) is 4.68. The number of aromatic nitrogens is 1. The van der Waals surface area contributed by atoms with Crippen LogP contribution in [0.4, 0.5) is 0 Å².